The molecule has 0 unspecified atom stereocenters. The molecule has 0 N–H and O–H groups in total. The fraction of sp³-hybridized carbons (Fsp3) is 1.00. The largest absolute Gasteiger partial charge is 0.375 e. The lowest BCUT2D eigenvalue weighted by atomic mass is 9.86. The summed E-state index contributed by atoms with van der Waals surface area (Å²) >= 11 is 0. The number of fused-ring (bicyclic) bond motifs is 3. The topological polar surface area (TPSA) is 36.9 Å². The highest BCUT2D eigenvalue weighted by Gasteiger charge is 2.47. The molecular weight excluding hydrogens is 232 g/mol. The molecule has 18 heavy (non-hydrogen) atoms. The van der Waals surface area contributed by atoms with Crippen LogP contribution in [0.25, 0.3) is 0 Å². The Labute approximate surface area is 108 Å². The molecule has 4 rings (SSSR count). The zero-order valence-electron chi connectivity index (χ0n) is 10.8. The van der Waals surface area contributed by atoms with E-state index in [0.717, 1.165) is 51.7 Å². The van der Waals surface area contributed by atoms with Crippen LogP contribution in [0.5, 0.6) is 0 Å². The summed E-state index contributed by atoms with van der Waals surface area (Å²) in [7, 11) is 0. The van der Waals surface area contributed by atoms with Crippen LogP contribution in [-0.2, 0) is 18.9 Å². The van der Waals surface area contributed by atoms with Gasteiger partial charge in [0.2, 0.25) is 0 Å². The van der Waals surface area contributed by atoms with Crippen LogP contribution >= 0.6 is 0 Å². The van der Waals surface area contributed by atoms with Crippen LogP contribution in [0.3, 0.4) is 0 Å². The Bertz CT molecular complexity index is 250. The molecule has 4 aliphatic heterocycles. The Morgan fingerprint density at radius 3 is 1.56 bits per heavy atom. The second-order valence-corrected chi connectivity index (χ2v) is 6.00. The summed E-state index contributed by atoms with van der Waals surface area (Å²) in [4.78, 5) is 0. The average Bonchev–Trinajstić information content (AvgIpc) is 2.42. The van der Waals surface area contributed by atoms with Gasteiger partial charge in [0.25, 0.3) is 0 Å². The third-order valence-corrected chi connectivity index (χ3v) is 4.80. The predicted octanol–water partition coefficient (Wildman–Crippen LogP) is 1.66. The Morgan fingerprint density at radius 2 is 1.06 bits per heavy atom. The zero-order chi connectivity index (χ0) is 11.9. The van der Waals surface area contributed by atoms with Gasteiger partial charge in [-0.25, -0.2) is 0 Å². The van der Waals surface area contributed by atoms with Gasteiger partial charge in [-0.1, -0.05) is 0 Å². The third kappa shape index (κ3) is 1.99. The molecule has 6 atom stereocenters. The first-order valence-electron chi connectivity index (χ1n) is 7.44. The van der Waals surface area contributed by atoms with Gasteiger partial charge in [-0.3, -0.25) is 0 Å². The summed E-state index contributed by atoms with van der Waals surface area (Å²) in [6.45, 7) is 1.77. The number of ether oxygens (including phenoxy) is 4. The molecule has 0 saturated carbocycles. The molecule has 4 fully saturated rings. The van der Waals surface area contributed by atoms with E-state index in [9.17, 15) is 0 Å². The van der Waals surface area contributed by atoms with Gasteiger partial charge in [0.1, 0.15) is 0 Å². The highest BCUT2D eigenvalue weighted by Crippen LogP contribution is 2.38. The van der Waals surface area contributed by atoms with Crippen LogP contribution in [0.4, 0.5) is 0 Å². The minimum atomic E-state index is 0.229. The molecule has 4 heterocycles. The number of rotatable bonds is 0. The molecule has 4 heteroatoms. The molecular formula is C14H22O4. The van der Waals surface area contributed by atoms with Crippen LogP contribution in [0.2, 0.25) is 0 Å². The van der Waals surface area contributed by atoms with E-state index in [4.69, 9.17) is 18.9 Å². The maximum Gasteiger partial charge on any atom is 0.0868 e. The van der Waals surface area contributed by atoms with Crippen molar-refractivity contribution in [1.29, 1.82) is 0 Å². The smallest absolute Gasteiger partial charge is 0.0868 e. The standard InChI is InChI=1S/C14H22O4/c1-3-9-11(15-5-1)7-14-13(17-9)8-12-10(18-14)4-2-6-16-12/h9-14H,1-8H2/t9-,10+,11+,12-,13+,14-. The molecule has 4 aliphatic rings. The van der Waals surface area contributed by atoms with E-state index in [0.29, 0.717) is 12.2 Å². The van der Waals surface area contributed by atoms with Gasteiger partial charge in [0, 0.05) is 26.1 Å². The molecule has 0 aromatic rings. The van der Waals surface area contributed by atoms with Crippen molar-refractivity contribution in [2.24, 2.45) is 0 Å². The quantitative estimate of drug-likeness (QED) is 0.659. The Balaban J connectivity index is 1.46. The fourth-order valence-electron chi connectivity index (χ4n) is 3.87. The van der Waals surface area contributed by atoms with Gasteiger partial charge < -0.3 is 18.9 Å². The third-order valence-electron chi connectivity index (χ3n) is 4.80. The van der Waals surface area contributed by atoms with Crippen molar-refractivity contribution in [2.75, 3.05) is 13.2 Å². The van der Waals surface area contributed by atoms with Gasteiger partial charge >= 0.3 is 0 Å². The zero-order valence-corrected chi connectivity index (χ0v) is 10.8. The Kier molecular flexibility index (Phi) is 3.07. The van der Waals surface area contributed by atoms with E-state index in [1.807, 2.05) is 0 Å². The number of hydrogen-bond donors (Lipinski definition) is 0. The molecule has 4 saturated heterocycles. The van der Waals surface area contributed by atoms with Gasteiger partial charge in [-0.05, 0) is 25.7 Å². The first kappa shape index (κ1) is 11.6. The maximum absolute atomic E-state index is 6.21. The van der Waals surface area contributed by atoms with E-state index in [2.05, 4.69) is 0 Å². The van der Waals surface area contributed by atoms with E-state index in [1.54, 1.807) is 0 Å². The van der Waals surface area contributed by atoms with E-state index < -0.39 is 0 Å². The van der Waals surface area contributed by atoms with Crippen LogP contribution in [0.15, 0.2) is 0 Å². The van der Waals surface area contributed by atoms with Crippen LogP contribution < -0.4 is 0 Å². The normalized spacial score (nSPS) is 52.0. The summed E-state index contributed by atoms with van der Waals surface area (Å²) in [5, 5.41) is 0. The maximum atomic E-state index is 6.21. The SMILES string of the molecule is C1CO[C@@H]2C[C@@H]3O[C@@H]4CCCO[C@H]4C[C@H]3O[C@H]2C1. The molecule has 0 aliphatic carbocycles. The second kappa shape index (κ2) is 4.75. The van der Waals surface area contributed by atoms with Crippen molar-refractivity contribution in [3.8, 4) is 0 Å². The van der Waals surface area contributed by atoms with Crippen molar-refractivity contribution in [2.45, 2.75) is 75.1 Å². The molecule has 102 valence electrons. The van der Waals surface area contributed by atoms with Crippen molar-refractivity contribution < 1.29 is 18.9 Å². The highest BCUT2D eigenvalue weighted by molar-refractivity contribution is 4.95. The van der Waals surface area contributed by atoms with E-state index in [-0.39, 0.29) is 24.4 Å². The lowest BCUT2D eigenvalue weighted by Gasteiger charge is -2.50. The van der Waals surface area contributed by atoms with Crippen LogP contribution in [-0.4, -0.2) is 49.8 Å². The Hall–Kier alpha value is -0.160. The van der Waals surface area contributed by atoms with Crippen molar-refractivity contribution >= 4 is 0 Å². The predicted molar refractivity (Wildman–Crippen MR) is 64.5 cm³/mol. The first-order chi connectivity index (χ1) is 8.90. The fourth-order valence-corrected chi connectivity index (χ4v) is 3.87. The first-order valence-corrected chi connectivity index (χ1v) is 7.44. The lowest BCUT2D eigenvalue weighted by Crippen LogP contribution is -2.58. The van der Waals surface area contributed by atoms with Crippen molar-refractivity contribution in [3.63, 3.8) is 0 Å². The molecule has 0 aromatic carbocycles. The van der Waals surface area contributed by atoms with Crippen molar-refractivity contribution in [3.05, 3.63) is 0 Å². The molecule has 0 radical (unpaired) electrons. The monoisotopic (exact) mass is 254 g/mol. The summed E-state index contributed by atoms with van der Waals surface area (Å²) in [6, 6.07) is 0. The summed E-state index contributed by atoms with van der Waals surface area (Å²) in [5.41, 5.74) is 0. The van der Waals surface area contributed by atoms with Gasteiger partial charge in [0.05, 0.1) is 36.6 Å². The van der Waals surface area contributed by atoms with Gasteiger partial charge in [-0.2, -0.15) is 0 Å². The van der Waals surface area contributed by atoms with E-state index >= 15 is 0 Å². The van der Waals surface area contributed by atoms with Gasteiger partial charge in [0.15, 0.2) is 0 Å². The molecule has 0 spiro atoms. The average molecular weight is 254 g/mol. The molecule has 0 aromatic heterocycles. The highest BCUT2D eigenvalue weighted by atomic mass is 16.6. The summed E-state index contributed by atoms with van der Waals surface area (Å²) in [6.07, 6.45) is 8.14. The van der Waals surface area contributed by atoms with Crippen LogP contribution in [0, 0.1) is 0 Å². The van der Waals surface area contributed by atoms with Crippen LogP contribution in [0.1, 0.15) is 38.5 Å². The second-order valence-electron chi connectivity index (χ2n) is 6.00. The summed E-state index contributed by atoms with van der Waals surface area (Å²) < 4.78 is 24.1. The lowest BCUT2D eigenvalue weighted by molar-refractivity contribution is -0.271. The van der Waals surface area contributed by atoms with Gasteiger partial charge in [-0.15, -0.1) is 0 Å². The summed E-state index contributed by atoms with van der Waals surface area (Å²) in [5.74, 6) is 0. The number of hydrogen-bond acceptors (Lipinski definition) is 4. The van der Waals surface area contributed by atoms with E-state index in [1.165, 1.54) is 0 Å². The minimum absolute atomic E-state index is 0.229. The molecule has 0 amide bonds. The molecule has 0 bridgehead atoms. The molecule has 4 nitrogen and oxygen atoms in total. The minimum Gasteiger partial charge on any atom is -0.375 e. The van der Waals surface area contributed by atoms with Crippen molar-refractivity contribution in [1.82, 2.24) is 0 Å². The Morgan fingerprint density at radius 1 is 0.556 bits per heavy atom.